The van der Waals surface area contributed by atoms with E-state index < -0.39 is 4.92 Å². The zero-order valence-electron chi connectivity index (χ0n) is 11.1. The van der Waals surface area contributed by atoms with Gasteiger partial charge in [0.05, 0.1) is 23.7 Å². The maximum Gasteiger partial charge on any atom is 0.276 e. The summed E-state index contributed by atoms with van der Waals surface area (Å²) in [7, 11) is 0. The Morgan fingerprint density at radius 3 is 2.63 bits per heavy atom. The summed E-state index contributed by atoms with van der Waals surface area (Å²) in [6, 6.07) is 5.41. The first-order chi connectivity index (χ1) is 8.97. The molecule has 0 amide bonds. The summed E-state index contributed by atoms with van der Waals surface area (Å²) in [5.41, 5.74) is 1.57. The maximum absolute atomic E-state index is 10.9. The zero-order chi connectivity index (χ0) is 14.0. The minimum Gasteiger partial charge on any atom is -0.492 e. The minimum absolute atomic E-state index is 0.0269. The molecule has 0 radical (unpaired) electrons. The SMILES string of the molecule is Cc1cc(C)c([N+](=O)[O-])cc1OCC1(CC#N)CC1. The number of nitriles is 1. The molecule has 5 heteroatoms. The molecule has 1 aliphatic carbocycles. The van der Waals surface area contributed by atoms with Crippen LogP contribution < -0.4 is 4.74 Å². The lowest BCUT2D eigenvalue weighted by atomic mass is 10.1. The molecule has 0 bridgehead atoms. The molecular formula is C14H16N2O3. The number of hydrogen-bond donors (Lipinski definition) is 0. The fourth-order valence-electron chi connectivity index (χ4n) is 2.12. The number of nitrogens with zero attached hydrogens (tertiary/aromatic N) is 2. The Morgan fingerprint density at radius 1 is 1.42 bits per heavy atom. The Hall–Kier alpha value is -2.09. The lowest BCUT2D eigenvalue weighted by Crippen LogP contribution is -2.13. The van der Waals surface area contributed by atoms with Crippen molar-refractivity contribution in [1.29, 1.82) is 5.26 Å². The van der Waals surface area contributed by atoms with Crippen LogP contribution in [0.15, 0.2) is 12.1 Å². The lowest BCUT2D eigenvalue weighted by Gasteiger charge is -2.15. The molecule has 0 atom stereocenters. The first kappa shape index (κ1) is 13.3. The highest BCUT2D eigenvalue weighted by Crippen LogP contribution is 2.49. The van der Waals surface area contributed by atoms with E-state index in [2.05, 4.69) is 6.07 Å². The first-order valence-electron chi connectivity index (χ1n) is 6.23. The van der Waals surface area contributed by atoms with Gasteiger partial charge in [-0.1, -0.05) is 0 Å². The molecule has 0 aliphatic heterocycles. The van der Waals surface area contributed by atoms with Crippen molar-refractivity contribution in [3.63, 3.8) is 0 Å². The second-order valence-electron chi connectivity index (χ2n) is 5.28. The molecule has 0 heterocycles. The van der Waals surface area contributed by atoms with Gasteiger partial charge >= 0.3 is 0 Å². The number of hydrogen-bond acceptors (Lipinski definition) is 4. The second-order valence-corrected chi connectivity index (χ2v) is 5.28. The molecule has 1 aromatic rings. The third-order valence-electron chi connectivity index (χ3n) is 3.64. The van der Waals surface area contributed by atoms with Crippen LogP contribution in [0.3, 0.4) is 0 Å². The predicted octanol–water partition coefficient (Wildman–Crippen LogP) is 3.28. The van der Waals surface area contributed by atoms with E-state index in [-0.39, 0.29) is 11.1 Å². The topological polar surface area (TPSA) is 76.2 Å². The van der Waals surface area contributed by atoms with Crippen LogP contribution in [0.25, 0.3) is 0 Å². The summed E-state index contributed by atoms with van der Waals surface area (Å²) in [6.45, 7) is 4.05. The Kier molecular flexibility index (Phi) is 3.43. The van der Waals surface area contributed by atoms with Gasteiger partial charge in [0.1, 0.15) is 5.75 Å². The van der Waals surface area contributed by atoms with E-state index in [0.29, 0.717) is 24.3 Å². The molecule has 0 unspecified atom stereocenters. The summed E-state index contributed by atoms with van der Waals surface area (Å²) >= 11 is 0. The van der Waals surface area contributed by atoms with E-state index in [1.165, 1.54) is 6.07 Å². The van der Waals surface area contributed by atoms with Gasteiger partial charge in [0, 0.05) is 17.4 Å². The molecule has 100 valence electrons. The number of benzene rings is 1. The molecule has 0 spiro atoms. The number of rotatable bonds is 5. The highest BCUT2D eigenvalue weighted by atomic mass is 16.6. The number of nitro benzene ring substituents is 1. The lowest BCUT2D eigenvalue weighted by molar-refractivity contribution is -0.385. The Morgan fingerprint density at radius 2 is 2.11 bits per heavy atom. The van der Waals surface area contributed by atoms with Gasteiger partial charge in [-0.3, -0.25) is 10.1 Å². The summed E-state index contributed by atoms with van der Waals surface area (Å²) in [6.07, 6.45) is 2.47. The van der Waals surface area contributed by atoms with Crippen LogP contribution in [0.1, 0.15) is 30.4 Å². The van der Waals surface area contributed by atoms with E-state index in [1.54, 1.807) is 13.0 Å². The van der Waals surface area contributed by atoms with E-state index in [4.69, 9.17) is 10.00 Å². The Labute approximate surface area is 112 Å². The summed E-state index contributed by atoms with van der Waals surface area (Å²) < 4.78 is 5.71. The Balaban J connectivity index is 2.15. The minimum atomic E-state index is -0.399. The quantitative estimate of drug-likeness (QED) is 0.601. The average molecular weight is 260 g/mol. The van der Waals surface area contributed by atoms with Crippen molar-refractivity contribution in [1.82, 2.24) is 0 Å². The molecule has 2 rings (SSSR count). The smallest absolute Gasteiger partial charge is 0.276 e. The maximum atomic E-state index is 10.9. The number of ether oxygens (including phenoxy) is 1. The van der Waals surface area contributed by atoms with E-state index in [0.717, 1.165) is 18.4 Å². The Bertz CT molecular complexity index is 557. The molecular weight excluding hydrogens is 244 g/mol. The van der Waals surface area contributed by atoms with Crippen LogP contribution in [0.5, 0.6) is 5.75 Å². The molecule has 1 fully saturated rings. The van der Waals surface area contributed by atoms with Gasteiger partial charge in [0.2, 0.25) is 0 Å². The summed E-state index contributed by atoms with van der Waals surface area (Å²) in [4.78, 5) is 10.5. The molecule has 19 heavy (non-hydrogen) atoms. The molecule has 5 nitrogen and oxygen atoms in total. The highest BCUT2D eigenvalue weighted by Gasteiger charge is 2.43. The molecule has 1 saturated carbocycles. The van der Waals surface area contributed by atoms with Gasteiger partial charge in [-0.25, -0.2) is 0 Å². The third-order valence-corrected chi connectivity index (χ3v) is 3.64. The van der Waals surface area contributed by atoms with Gasteiger partial charge in [0.15, 0.2) is 0 Å². The highest BCUT2D eigenvalue weighted by molar-refractivity contribution is 5.49. The van der Waals surface area contributed by atoms with Gasteiger partial charge in [-0.2, -0.15) is 5.26 Å². The molecule has 1 aromatic carbocycles. The molecule has 1 aliphatic rings. The van der Waals surface area contributed by atoms with Crippen LogP contribution in [-0.4, -0.2) is 11.5 Å². The van der Waals surface area contributed by atoms with Crippen LogP contribution in [0, 0.1) is 40.7 Å². The van der Waals surface area contributed by atoms with Crippen molar-refractivity contribution >= 4 is 5.69 Å². The largest absolute Gasteiger partial charge is 0.492 e. The van der Waals surface area contributed by atoms with Gasteiger partial charge in [-0.15, -0.1) is 0 Å². The van der Waals surface area contributed by atoms with Crippen molar-refractivity contribution < 1.29 is 9.66 Å². The van der Waals surface area contributed by atoms with Crippen LogP contribution in [0.2, 0.25) is 0 Å². The van der Waals surface area contributed by atoms with E-state index in [1.807, 2.05) is 6.92 Å². The molecule has 0 aromatic heterocycles. The van der Waals surface area contributed by atoms with Gasteiger partial charge in [0.25, 0.3) is 5.69 Å². The van der Waals surface area contributed by atoms with Crippen LogP contribution in [0.4, 0.5) is 5.69 Å². The normalized spacial score (nSPS) is 15.6. The van der Waals surface area contributed by atoms with Crippen molar-refractivity contribution in [2.24, 2.45) is 5.41 Å². The average Bonchev–Trinajstić information content (AvgIpc) is 3.08. The van der Waals surface area contributed by atoms with Crippen LogP contribution in [-0.2, 0) is 0 Å². The number of aryl methyl sites for hydroxylation is 2. The van der Waals surface area contributed by atoms with Crippen molar-refractivity contribution in [2.45, 2.75) is 33.1 Å². The van der Waals surface area contributed by atoms with E-state index >= 15 is 0 Å². The first-order valence-corrected chi connectivity index (χ1v) is 6.23. The zero-order valence-corrected chi connectivity index (χ0v) is 11.1. The van der Waals surface area contributed by atoms with E-state index in [9.17, 15) is 10.1 Å². The van der Waals surface area contributed by atoms with Crippen molar-refractivity contribution in [2.75, 3.05) is 6.61 Å². The number of nitro groups is 1. The predicted molar refractivity (Wildman–Crippen MR) is 70.0 cm³/mol. The van der Waals surface area contributed by atoms with Gasteiger partial charge in [-0.05, 0) is 38.3 Å². The van der Waals surface area contributed by atoms with Gasteiger partial charge < -0.3 is 4.74 Å². The fourth-order valence-corrected chi connectivity index (χ4v) is 2.12. The van der Waals surface area contributed by atoms with Crippen LogP contribution >= 0.6 is 0 Å². The summed E-state index contributed by atoms with van der Waals surface area (Å²) in [5, 5.41) is 19.7. The fraction of sp³-hybridized carbons (Fsp3) is 0.500. The second kappa shape index (κ2) is 4.88. The molecule has 0 N–H and O–H groups in total. The monoisotopic (exact) mass is 260 g/mol. The standard InChI is InChI=1S/C14H16N2O3/c1-10-7-11(2)13(8-12(10)16(17)18)19-9-14(3-4-14)5-6-15/h7-8H,3-5,9H2,1-2H3. The van der Waals surface area contributed by atoms with Crippen molar-refractivity contribution in [3.05, 3.63) is 33.4 Å². The summed E-state index contributed by atoms with van der Waals surface area (Å²) in [5.74, 6) is 0.543. The third kappa shape index (κ3) is 2.84. The molecule has 0 saturated heterocycles. The van der Waals surface area contributed by atoms with Crippen molar-refractivity contribution in [3.8, 4) is 11.8 Å².